The first-order valence-electron chi connectivity index (χ1n) is 6.55. The zero-order chi connectivity index (χ0) is 13.1. The SMILES string of the molecule is CC1CCCCC1CNc1cnn(C)c(=O)c1Br. The van der Waals surface area contributed by atoms with Gasteiger partial charge in [0, 0.05) is 13.6 Å². The molecule has 4 nitrogen and oxygen atoms in total. The minimum absolute atomic E-state index is 0.100. The van der Waals surface area contributed by atoms with Crippen LogP contribution in [0.25, 0.3) is 0 Å². The van der Waals surface area contributed by atoms with E-state index in [9.17, 15) is 4.79 Å². The molecule has 1 N–H and O–H groups in total. The molecule has 2 atom stereocenters. The molecule has 0 radical (unpaired) electrons. The van der Waals surface area contributed by atoms with Crippen molar-refractivity contribution in [3.8, 4) is 0 Å². The third kappa shape index (κ3) is 2.94. The number of aromatic nitrogens is 2. The summed E-state index contributed by atoms with van der Waals surface area (Å²) in [6, 6.07) is 0. The van der Waals surface area contributed by atoms with Gasteiger partial charge in [0.25, 0.3) is 5.56 Å². The molecule has 1 heterocycles. The number of nitrogens with zero attached hydrogens (tertiary/aromatic N) is 2. The van der Waals surface area contributed by atoms with Gasteiger partial charge in [-0.15, -0.1) is 0 Å². The van der Waals surface area contributed by atoms with E-state index in [1.54, 1.807) is 13.2 Å². The average molecular weight is 314 g/mol. The number of rotatable bonds is 3. The fourth-order valence-electron chi connectivity index (χ4n) is 2.57. The fraction of sp³-hybridized carbons (Fsp3) is 0.692. The Bertz CT molecular complexity index is 472. The average Bonchev–Trinajstić information content (AvgIpc) is 2.37. The largest absolute Gasteiger partial charge is 0.382 e. The fourth-order valence-corrected chi connectivity index (χ4v) is 3.07. The van der Waals surface area contributed by atoms with Crippen molar-refractivity contribution in [1.82, 2.24) is 9.78 Å². The van der Waals surface area contributed by atoms with Crippen LogP contribution in [0.4, 0.5) is 5.69 Å². The highest BCUT2D eigenvalue weighted by Crippen LogP contribution is 2.30. The molecule has 1 aromatic heterocycles. The van der Waals surface area contributed by atoms with Gasteiger partial charge in [0.2, 0.25) is 0 Å². The van der Waals surface area contributed by atoms with Crippen LogP contribution in [0.15, 0.2) is 15.5 Å². The predicted octanol–water partition coefficient (Wildman–Crippen LogP) is 2.78. The zero-order valence-corrected chi connectivity index (χ0v) is 12.5. The summed E-state index contributed by atoms with van der Waals surface area (Å²) in [6.07, 6.45) is 6.99. The molecule has 1 aliphatic carbocycles. The Balaban J connectivity index is 2.02. The highest BCUT2D eigenvalue weighted by molar-refractivity contribution is 9.10. The van der Waals surface area contributed by atoms with Crippen LogP contribution in [0.5, 0.6) is 0 Å². The molecular formula is C13H20BrN3O. The molecule has 0 spiro atoms. The van der Waals surface area contributed by atoms with E-state index in [0.29, 0.717) is 10.4 Å². The zero-order valence-electron chi connectivity index (χ0n) is 10.9. The second-order valence-corrected chi connectivity index (χ2v) is 6.00. The van der Waals surface area contributed by atoms with Gasteiger partial charge in [0.1, 0.15) is 4.47 Å². The van der Waals surface area contributed by atoms with Crippen molar-refractivity contribution in [2.45, 2.75) is 32.6 Å². The van der Waals surface area contributed by atoms with Gasteiger partial charge in [0.05, 0.1) is 11.9 Å². The summed E-state index contributed by atoms with van der Waals surface area (Å²) < 4.78 is 1.90. The Morgan fingerprint density at radius 3 is 2.94 bits per heavy atom. The first kappa shape index (κ1) is 13.6. The van der Waals surface area contributed by atoms with Crippen LogP contribution in [-0.2, 0) is 7.05 Å². The van der Waals surface area contributed by atoms with Crippen LogP contribution in [0, 0.1) is 11.8 Å². The molecule has 0 bridgehead atoms. The summed E-state index contributed by atoms with van der Waals surface area (Å²) in [5.74, 6) is 1.47. The van der Waals surface area contributed by atoms with Gasteiger partial charge < -0.3 is 5.32 Å². The highest BCUT2D eigenvalue weighted by Gasteiger charge is 2.21. The summed E-state index contributed by atoms with van der Waals surface area (Å²) in [5, 5.41) is 7.39. The van der Waals surface area contributed by atoms with E-state index >= 15 is 0 Å². The number of halogens is 1. The maximum atomic E-state index is 11.7. The third-order valence-corrected chi connectivity index (χ3v) is 4.69. The number of aryl methyl sites for hydroxylation is 1. The van der Waals surface area contributed by atoms with Crippen LogP contribution >= 0.6 is 15.9 Å². The molecule has 1 aliphatic rings. The number of nitrogens with one attached hydrogen (secondary N) is 1. The highest BCUT2D eigenvalue weighted by atomic mass is 79.9. The molecule has 5 heteroatoms. The van der Waals surface area contributed by atoms with E-state index < -0.39 is 0 Å². The van der Waals surface area contributed by atoms with Gasteiger partial charge in [-0.05, 0) is 34.2 Å². The van der Waals surface area contributed by atoms with Gasteiger partial charge in [-0.25, -0.2) is 4.68 Å². The quantitative estimate of drug-likeness (QED) is 0.933. The van der Waals surface area contributed by atoms with E-state index in [4.69, 9.17) is 0 Å². The second-order valence-electron chi connectivity index (χ2n) is 5.20. The van der Waals surface area contributed by atoms with Crippen LogP contribution in [-0.4, -0.2) is 16.3 Å². The molecule has 0 amide bonds. The molecule has 1 saturated carbocycles. The van der Waals surface area contributed by atoms with E-state index in [1.807, 2.05) is 0 Å². The Morgan fingerprint density at radius 2 is 2.22 bits per heavy atom. The van der Waals surface area contributed by atoms with Crippen molar-refractivity contribution in [2.24, 2.45) is 18.9 Å². The van der Waals surface area contributed by atoms with E-state index in [2.05, 4.69) is 33.3 Å². The van der Waals surface area contributed by atoms with Crippen molar-refractivity contribution < 1.29 is 0 Å². The molecule has 0 aliphatic heterocycles. The van der Waals surface area contributed by atoms with Gasteiger partial charge in [-0.1, -0.05) is 26.2 Å². The molecule has 0 saturated heterocycles. The first-order chi connectivity index (χ1) is 8.59. The topological polar surface area (TPSA) is 46.9 Å². The lowest BCUT2D eigenvalue weighted by Gasteiger charge is -2.29. The minimum Gasteiger partial charge on any atom is -0.382 e. The Kier molecular flexibility index (Phi) is 4.43. The Labute approximate surface area is 116 Å². The lowest BCUT2D eigenvalue weighted by atomic mass is 9.80. The van der Waals surface area contributed by atoms with Crippen molar-refractivity contribution in [3.63, 3.8) is 0 Å². The second kappa shape index (κ2) is 5.87. The Hall–Kier alpha value is -0.840. The summed E-state index contributed by atoms with van der Waals surface area (Å²) in [6.45, 7) is 3.25. The van der Waals surface area contributed by atoms with Gasteiger partial charge in [0.15, 0.2) is 0 Å². The smallest absolute Gasteiger partial charge is 0.282 e. The van der Waals surface area contributed by atoms with Crippen LogP contribution in [0.2, 0.25) is 0 Å². The molecule has 2 rings (SSSR count). The van der Waals surface area contributed by atoms with Crippen LogP contribution in [0.3, 0.4) is 0 Å². The minimum atomic E-state index is -0.100. The van der Waals surface area contributed by atoms with E-state index in [1.165, 1.54) is 30.4 Å². The number of anilines is 1. The molecule has 1 fully saturated rings. The maximum absolute atomic E-state index is 11.7. The van der Waals surface area contributed by atoms with E-state index in [-0.39, 0.29) is 5.56 Å². The summed E-state index contributed by atoms with van der Waals surface area (Å²) >= 11 is 3.34. The van der Waals surface area contributed by atoms with Crippen LogP contribution < -0.4 is 10.9 Å². The van der Waals surface area contributed by atoms with Gasteiger partial charge >= 0.3 is 0 Å². The van der Waals surface area contributed by atoms with Crippen LogP contribution in [0.1, 0.15) is 32.6 Å². The third-order valence-electron chi connectivity index (χ3n) is 3.92. The predicted molar refractivity (Wildman–Crippen MR) is 76.8 cm³/mol. The lowest BCUT2D eigenvalue weighted by Crippen LogP contribution is -2.26. The van der Waals surface area contributed by atoms with E-state index in [0.717, 1.165) is 18.2 Å². The van der Waals surface area contributed by atoms with Gasteiger partial charge in [-0.3, -0.25) is 4.79 Å². The monoisotopic (exact) mass is 313 g/mol. The van der Waals surface area contributed by atoms with Crippen molar-refractivity contribution >= 4 is 21.6 Å². The standard InChI is InChI=1S/C13H20BrN3O/c1-9-5-3-4-6-10(9)7-15-11-8-16-17(2)13(18)12(11)14/h8-10,15H,3-7H2,1-2H3. The Morgan fingerprint density at radius 1 is 1.50 bits per heavy atom. The molecule has 2 unspecified atom stereocenters. The lowest BCUT2D eigenvalue weighted by molar-refractivity contribution is 0.268. The normalized spacial score (nSPS) is 23.9. The summed E-state index contributed by atoms with van der Waals surface area (Å²) in [7, 11) is 1.65. The van der Waals surface area contributed by atoms with Gasteiger partial charge in [-0.2, -0.15) is 5.10 Å². The van der Waals surface area contributed by atoms with Crippen molar-refractivity contribution in [2.75, 3.05) is 11.9 Å². The molecular weight excluding hydrogens is 294 g/mol. The summed E-state index contributed by atoms with van der Waals surface area (Å²) in [5.41, 5.74) is 0.701. The summed E-state index contributed by atoms with van der Waals surface area (Å²) in [4.78, 5) is 11.7. The molecule has 0 aromatic carbocycles. The van der Waals surface area contributed by atoms with Crippen molar-refractivity contribution in [3.05, 3.63) is 21.0 Å². The first-order valence-corrected chi connectivity index (χ1v) is 7.34. The number of hydrogen-bond donors (Lipinski definition) is 1. The molecule has 100 valence electrons. The molecule has 18 heavy (non-hydrogen) atoms. The van der Waals surface area contributed by atoms with Crippen molar-refractivity contribution in [1.29, 1.82) is 0 Å². The molecule has 1 aromatic rings. The number of hydrogen-bond acceptors (Lipinski definition) is 3. The maximum Gasteiger partial charge on any atom is 0.282 e.